The van der Waals surface area contributed by atoms with Gasteiger partial charge in [-0.15, -0.1) is 12.4 Å². The molecule has 1 aromatic heterocycles. The summed E-state index contributed by atoms with van der Waals surface area (Å²) < 4.78 is 6.08. The quantitative estimate of drug-likeness (QED) is 0.727. The van der Waals surface area contributed by atoms with Gasteiger partial charge in [-0.3, -0.25) is 9.78 Å². The third-order valence-electron chi connectivity index (χ3n) is 6.08. The first kappa shape index (κ1) is 21.8. The minimum Gasteiger partial charge on any atom is -0.363 e. The van der Waals surface area contributed by atoms with E-state index in [1.165, 1.54) is 11.1 Å². The summed E-state index contributed by atoms with van der Waals surface area (Å²) in [4.78, 5) is 20.9. The molecule has 6 heteroatoms. The highest BCUT2D eigenvalue weighted by molar-refractivity contribution is 5.85. The number of hydrogen-bond donors (Lipinski definition) is 0. The average Bonchev–Trinajstić information content (AvgIpc) is 2.76. The number of carbonyl (C=O) groups excluding carboxylic acids is 1. The monoisotopic (exact) mass is 415 g/mol. The lowest BCUT2D eigenvalue weighted by Gasteiger charge is -2.47. The van der Waals surface area contributed by atoms with E-state index in [0.29, 0.717) is 0 Å². The zero-order chi connectivity index (χ0) is 19.2. The normalized spacial score (nSPS) is 19.2. The summed E-state index contributed by atoms with van der Waals surface area (Å²) in [6.07, 6.45) is 7.58. The number of carbonyl (C=O) groups is 1. The van der Waals surface area contributed by atoms with Gasteiger partial charge >= 0.3 is 0 Å². The van der Waals surface area contributed by atoms with E-state index in [2.05, 4.69) is 40.2 Å². The molecule has 2 aliphatic heterocycles. The first-order valence-corrected chi connectivity index (χ1v) is 10.3. The van der Waals surface area contributed by atoms with E-state index < -0.39 is 0 Å². The van der Waals surface area contributed by atoms with Gasteiger partial charge in [-0.2, -0.15) is 0 Å². The molecule has 2 fully saturated rings. The molecule has 156 valence electrons. The molecular weight excluding hydrogens is 386 g/mol. The highest BCUT2D eigenvalue weighted by atomic mass is 35.5. The van der Waals surface area contributed by atoms with E-state index >= 15 is 0 Å². The summed E-state index contributed by atoms with van der Waals surface area (Å²) in [5, 5.41) is 0. The van der Waals surface area contributed by atoms with Crippen molar-refractivity contribution in [2.24, 2.45) is 0 Å². The molecule has 0 saturated carbocycles. The second-order valence-electron chi connectivity index (χ2n) is 7.97. The predicted octanol–water partition coefficient (Wildman–Crippen LogP) is 2.98. The Bertz CT molecular complexity index is 764. The minimum absolute atomic E-state index is 0. The number of ether oxygens (including phenoxy) is 1. The van der Waals surface area contributed by atoms with Crippen LogP contribution >= 0.6 is 12.4 Å². The second kappa shape index (κ2) is 10.2. The van der Waals surface area contributed by atoms with Crippen LogP contribution in [-0.2, 0) is 22.4 Å². The number of likely N-dealkylation sites (tertiary alicyclic amines) is 1. The molecule has 0 atom stereocenters. The number of nitrogens with zero attached hydrogens (tertiary/aromatic N) is 3. The van der Waals surface area contributed by atoms with Crippen molar-refractivity contribution < 1.29 is 9.53 Å². The van der Waals surface area contributed by atoms with Gasteiger partial charge in [0.25, 0.3) is 0 Å². The molecule has 1 aromatic carbocycles. The maximum Gasteiger partial charge on any atom is 0.248 e. The predicted molar refractivity (Wildman–Crippen MR) is 116 cm³/mol. The van der Waals surface area contributed by atoms with Crippen molar-refractivity contribution in [3.05, 3.63) is 66.0 Å². The molecule has 2 saturated heterocycles. The van der Waals surface area contributed by atoms with E-state index in [4.69, 9.17) is 4.74 Å². The molecule has 2 aromatic rings. The molecule has 0 radical (unpaired) electrons. The van der Waals surface area contributed by atoms with E-state index in [1.54, 1.807) is 0 Å². The smallest absolute Gasteiger partial charge is 0.248 e. The van der Waals surface area contributed by atoms with Gasteiger partial charge in [0.15, 0.2) is 0 Å². The van der Waals surface area contributed by atoms with Crippen LogP contribution in [0.4, 0.5) is 0 Å². The molecule has 2 aliphatic rings. The van der Waals surface area contributed by atoms with Crippen LogP contribution in [0.5, 0.6) is 0 Å². The summed E-state index contributed by atoms with van der Waals surface area (Å²) in [6.45, 7) is 4.87. The number of benzene rings is 1. The van der Waals surface area contributed by atoms with Crippen molar-refractivity contribution >= 4 is 18.3 Å². The van der Waals surface area contributed by atoms with Crippen LogP contribution in [-0.4, -0.2) is 65.6 Å². The van der Waals surface area contributed by atoms with Crippen LogP contribution in [0.15, 0.2) is 54.9 Å². The number of halogens is 1. The van der Waals surface area contributed by atoms with Crippen molar-refractivity contribution in [2.75, 3.05) is 39.3 Å². The number of hydrogen-bond acceptors (Lipinski definition) is 4. The van der Waals surface area contributed by atoms with E-state index in [1.807, 2.05) is 29.4 Å². The maximum absolute atomic E-state index is 12.3. The molecule has 3 heterocycles. The number of amides is 1. The Hall–Kier alpha value is -1.95. The lowest BCUT2D eigenvalue weighted by Crippen LogP contribution is -2.59. The number of rotatable bonds is 6. The number of pyridine rings is 1. The molecular formula is C23H30ClN3O2. The molecule has 1 amide bonds. The molecule has 4 rings (SSSR count). The van der Waals surface area contributed by atoms with Crippen LogP contribution in [0.1, 0.15) is 24.0 Å². The first-order chi connectivity index (χ1) is 13.7. The Morgan fingerprint density at radius 2 is 1.59 bits per heavy atom. The van der Waals surface area contributed by atoms with Gasteiger partial charge in [-0.05, 0) is 48.9 Å². The summed E-state index contributed by atoms with van der Waals surface area (Å²) in [5.41, 5.74) is 2.46. The van der Waals surface area contributed by atoms with Gasteiger partial charge in [0.1, 0.15) is 6.61 Å². The summed E-state index contributed by atoms with van der Waals surface area (Å²) in [7, 11) is 0. The molecule has 29 heavy (non-hydrogen) atoms. The largest absolute Gasteiger partial charge is 0.363 e. The third kappa shape index (κ3) is 5.78. The van der Waals surface area contributed by atoms with Crippen LogP contribution in [0.2, 0.25) is 0 Å². The standard InChI is InChI=1S/C23H29N3O2.ClH/c27-22-18-28-23(19-26(22)15-9-21-6-12-24-13-7-21)10-16-25(17-11-23)14-8-20-4-2-1-3-5-20;/h1-7,12-13H,8-11,14-19H2;1H. The Kier molecular flexibility index (Phi) is 7.64. The van der Waals surface area contributed by atoms with Gasteiger partial charge in [-0.1, -0.05) is 30.3 Å². The Morgan fingerprint density at radius 3 is 2.31 bits per heavy atom. The van der Waals surface area contributed by atoms with E-state index in [0.717, 1.165) is 58.4 Å². The molecule has 0 unspecified atom stereocenters. The Morgan fingerprint density at radius 1 is 0.931 bits per heavy atom. The summed E-state index contributed by atoms with van der Waals surface area (Å²) in [6, 6.07) is 14.7. The third-order valence-corrected chi connectivity index (χ3v) is 6.08. The number of morpholine rings is 1. The van der Waals surface area contributed by atoms with Crippen molar-refractivity contribution in [1.82, 2.24) is 14.8 Å². The van der Waals surface area contributed by atoms with E-state index in [-0.39, 0.29) is 30.5 Å². The average molecular weight is 416 g/mol. The van der Waals surface area contributed by atoms with Crippen molar-refractivity contribution in [3.8, 4) is 0 Å². The number of piperidine rings is 1. The van der Waals surface area contributed by atoms with Gasteiger partial charge in [0.2, 0.25) is 5.91 Å². The topological polar surface area (TPSA) is 45.7 Å². The molecule has 5 nitrogen and oxygen atoms in total. The fourth-order valence-electron chi connectivity index (χ4n) is 4.22. The van der Waals surface area contributed by atoms with Crippen LogP contribution in [0.25, 0.3) is 0 Å². The first-order valence-electron chi connectivity index (χ1n) is 10.3. The fourth-order valence-corrected chi connectivity index (χ4v) is 4.22. The van der Waals surface area contributed by atoms with Crippen molar-refractivity contribution in [1.29, 1.82) is 0 Å². The second-order valence-corrected chi connectivity index (χ2v) is 7.97. The summed E-state index contributed by atoms with van der Waals surface area (Å²) >= 11 is 0. The van der Waals surface area contributed by atoms with Crippen LogP contribution < -0.4 is 0 Å². The highest BCUT2D eigenvalue weighted by Crippen LogP contribution is 2.30. The lowest BCUT2D eigenvalue weighted by atomic mass is 9.89. The Labute approximate surface area is 179 Å². The zero-order valence-electron chi connectivity index (χ0n) is 16.8. The highest BCUT2D eigenvalue weighted by Gasteiger charge is 2.41. The lowest BCUT2D eigenvalue weighted by molar-refractivity contribution is -0.171. The van der Waals surface area contributed by atoms with Gasteiger partial charge in [0, 0.05) is 45.1 Å². The summed E-state index contributed by atoms with van der Waals surface area (Å²) in [5.74, 6) is 0.117. The molecule has 1 spiro atoms. The zero-order valence-corrected chi connectivity index (χ0v) is 17.7. The maximum atomic E-state index is 12.3. The van der Waals surface area contributed by atoms with Gasteiger partial charge in [0.05, 0.1) is 5.60 Å². The van der Waals surface area contributed by atoms with Crippen molar-refractivity contribution in [2.45, 2.75) is 31.3 Å². The molecule has 0 N–H and O–H groups in total. The van der Waals surface area contributed by atoms with Crippen LogP contribution in [0, 0.1) is 0 Å². The molecule has 0 bridgehead atoms. The fraction of sp³-hybridized carbons (Fsp3) is 0.478. The van der Waals surface area contributed by atoms with Gasteiger partial charge in [-0.25, -0.2) is 0 Å². The number of aromatic nitrogens is 1. The van der Waals surface area contributed by atoms with Crippen molar-refractivity contribution in [3.63, 3.8) is 0 Å². The SMILES string of the molecule is Cl.O=C1COC2(CCN(CCc3ccccc3)CC2)CN1CCc1ccncc1. The van der Waals surface area contributed by atoms with E-state index in [9.17, 15) is 4.79 Å². The Balaban J connectivity index is 0.00000240. The molecule has 0 aliphatic carbocycles. The van der Waals surface area contributed by atoms with Gasteiger partial charge < -0.3 is 14.5 Å². The minimum atomic E-state index is -0.157. The van der Waals surface area contributed by atoms with Crippen LogP contribution in [0.3, 0.4) is 0 Å².